The molecule has 1 aliphatic rings. The standard InChI is InChI=1S/C23H33N3O9S/c1-4-9-34-16-8-7-12(10-14(16)21-24-15(6-3)13(5-2)22(30)25-21)36(32,33)26-18-20(29)19(28)17(11-27)35-23(18)31/h7-8,10,17-20,23,26-29,31H,4-6,9,11H2,1-3H3,(H,24,25,30). The molecule has 0 aliphatic carbocycles. The summed E-state index contributed by atoms with van der Waals surface area (Å²) in [6.07, 6.45) is -4.81. The van der Waals surface area contributed by atoms with Gasteiger partial charge in [-0.25, -0.2) is 18.1 Å². The van der Waals surface area contributed by atoms with Crippen molar-refractivity contribution in [3.05, 3.63) is 39.8 Å². The number of aromatic amines is 1. The lowest BCUT2D eigenvalue weighted by molar-refractivity contribution is -0.251. The van der Waals surface area contributed by atoms with E-state index in [1.54, 1.807) is 0 Å². The van der Waals surface area contributed by atoms with E-state index in [-0.39, 0.29) is 21.8 Å². The van der Waals surface area contributed by atoms with Gasteiger partial charge in [0, 0.05) is 5.56 Å². The highest BCUT2D eigenvalue weighted by atomic mass is 32.2. The minimum Gasteiger partial charge on any atom is -0.493 e. The van der Waals surface area contributed by atoms with Crippen molar-refractivity contribution in [3.63, 3.8) is 0 Å². The highest BCUT2D eigenvalue weighted by Gasteiger charge is 2.45. The summed E-state index contributed by atoms with van der Waals surface area (Å²) in [6, 6.07) is 2.36. The van der Waals surface area contributed by atoms with Gasteiger partial charge in [-0.05, 0) is 37.5 Å². The van der Waals surface area contributed by atoms with Crippen LogP contribution in [-0.4, -0.2) is 82.7 Å². The normalized spacial score (nSPS) is 24.6. The second kappa shape index (κ2) is 11.8. The van der Waals surface area contributed by atoms with Crippen LogP contribution in [-0.2, 0) is 27.6 Å². The quantitative estimate of drug-likeness (QED) is 0.233. The van der Waals surface area contributed by atoms with Crippen LogP contribution in [0.15, 0.2) is 27.9 Å². The minimum atomic E-state index is -4.38. The molecule has 0 spiro atoms. The Bertz CT molecular complexity index is 1220. The molecular weight excluding hydrogens is 494 g/mol. The number of aliphatic hydroxyl groups excluding tert-OH is 4. The minimum absolute atomic E-state index is 0.138. The molecule has 0 radical (unpaired) electrons. The predicted octanol–water partition coefficient (Wildman–Crippen LogP) is -0.571. The van der Waals surface area contributed by atoms with Gasteiger partial charge in [-0.1, -0.05) is 20.8 Å². The van der Waals surface area contributed by atoms with Crippen molar-refractivity contribution in [2.45, 2.75) is 75.6 Å². The zero-order valence-electron chi connectivity index (χ0n) is 20.3. The number of aryl methyl sites for hydroxylation is 1. The van der Waals surface area contributed by atoms with Gasteiger partial charge in [0.2, 0.25) is 10.0 Å². The van der Waals surface area contributed by atoms with Crippen LogP contribution in [0.4, 0.5) is 0 Å². The summed E-state index contributed by atoms with van der Waals surface area (Å²) in [4.78, 5) is 19.7. The number of aromatic nitrogens is 2. The Balaban J connectivity index is 2.04. The van der Waals surface area contributed by atoms with E-state index >= 15 is 0 Å². The first-order valence-electron chi connectivity index (χ1n) is 11.8. The topological polar surface area (TPSA) is 191 Å². The number of nitrogens with one attached hydrogen (secondary N) is 2. The van der Waals surface area contributed by atoms with Crippen LogP contribution in [0.25, 0.3) is 11.4 Å². The molecule has 5 unspecified atom stereocenters. The van der Waals surface area contributed by atoms with Gasteiger partial charge in [0.15, 0.2) is 6.29 Å². The molecule has 1 aromatic heterocycles. The fourth-order valence-corrected chi connectivity index (χ4v) is 5.27. The van der Waals surface area contributed by atoms with Crippen molar-refractivity contribution in [3.8, 4) is 17.1 Å². The first kappa shape index (κ1) is 28.2. The summed E-state index contributed by atoms with van der Waals surface area (Å²) in [6.45, 7) is 5.28. The molecular formula is C23H33N3O9S. The number of sulfonamides is 1. The zero-order chi connectivity index (χ0) is 26.6. The van der Waals surface area contributed by atoms with Crippen LogP contribution >= 0.6 is 0 Å². The van der Waals surface area contributed by atoms with Gasteiger partial charge in [0.05, 0.1) is 29.4 Å². The Hall–Kier alpha value is -2.39. The molecule has 2 aromatic rings. The van der Waals surface area contributed by atoms with E-state index in [0.717, 1.165) is 0 Å². The number of H-pyrrole nitrogens is 1. The monoisotopic (exact) mass is 527 g/mol. The van der Waals surface area contributed by atoms with Crippen LogP contribution in [0.1, 0.15) is 38.4 Å². The number of rotatable bonds is 10. The smallest absolute Gasteiger partial charge is 0.254 e. The van der Waals surface area contributed by atoms with E-state index in [1.165, 1.54) is 18.2 Å². The van der Waals surface area contributed by atoms with Crippen molar-refractivity contribution >= 4 is 10.0 Å². The van der Waals surface area contributed by atoms with E-state index in [2.05, 4.69) is 14.7 Å². The Morgan fingerprint density at radius 3 is 2.47 bits per heavy atom. The van der Waals surface area contributed by atoms with Crippen LogP contribution in [0.3, 0.4) is 0 Å². The molecule has 0 amide bonds. The first-order valence-corrected chi connectivity index (χ1v) is 13.3. The van der Waals surface area contributed by atoms with E-state index in [1.807, 2.05) is 20.8 Å². The second-order valence-electron chi connectivity index (χ2n) is 8.43. The van der Waals surface area contributed by atoms with Crippen LogP contribution in [0.5, 0.6) is 5.75 Å². The molecule has 200 valence electrons. The molecule has 1 saturated heterocycles. The molecule has 2 heterocycles. The maximum absolute atomic E-state index is 13.2. The first-order chi connectivity index (χ1) is 17.1. The predicted molar refractivity (Wildman–Crippen MR) is 129 cm³/mol. The van der Waals surface area contributed by atoms with Gasteiger partial charge < -0.3 is 34.9 Å². The Morgan fingerprint density at radius 2 is 1.86 bits per heavy atom. The summed E-state index contributed by atoms with van der Waals surface area (Å²) in [7, 11) is -4.38. The largest absolute Gasteiger partial charge is 0.493 e. The summed E-state index contributed by atoms with van der Waals surface area (Å²) in [5.41, 5.74) is 1.04. The van der Waals surface area contributed by atoms with Crippen LogP contribution in [0, 0.1) is 0 Å². The lowest BCUT2D eigenvalue weighted by atomic mass is 9.98. The second-order valence-corrected chi connectivity index (χ2v) is 10.1. The van der Waals surface area contributed by atoms with Gasteiger partial charge in [-0.3, -0.25) is 4.79 Å². The molecule has 3 rings (SSSR count). The lowest BCUT2D eigenvalue weighted by Crippen LogP contribution is -2.64. The number of hydrogen-bond acceptors (Lipinski definition) is 10. The van der Waals surface area contributed by atoms with E-state index < -0.39 is 47.3 Å². The Morgan fingerprint density at radius 1 is 1.14 bits per heavy atom. The summed E-state index contributed by atoms with van der Waals surface area (Å²) in [5, 5.41) is 39.8. The van der Waals surface area contributed by atoms with Crippen molar-refractivity contribution in [2.75, 3.05) is 13.2 Å². The third kappa shape index (κ3) is 5.78. The van der Waals surface area contributed by atoms with Crippen molar-refractivity contribution in [2.24, 2.45) is 0 Å². The van der Waals surface area contributed by atoms with Crippen molar-refractivity contribution < 1.29 is 38.3 Å². The number of aliphatic hydroxyl groups is 4. The number of benzene rings is 1. The average Bonchev–Trinajstić information content (AvgIpc) is 2.86. The zero-order valence-corrected chi connectivity index (χ0v) is 21.2. The third-order valence-corrected chi connectivity index (χ3v) is 7.42. The van der Waals surface area contributed by atoms with E-state index in [0.29, 0.717) is 42.9 Å². The van der Waals surface area contributed by atoms with Gasteiger partial charge in [-0.15, -0.1) is 0 Å². The maximum atomic E-state index is 13.2. The molecule has 1 fully saturated rings. The molecule has 1 aliphatic heterocycles. The highest BCUT2D eigenvalue weighted by Crippen LogP contribution is 2.31. The van der Waals surface area contributed by atoms with Crippen LogP contribution in [0.2, 0.25) is 0 Å². The molecule has 1 aromatic carbocycles. The summed E-state index contributed by atoms with van der Waals surface area (Å²) in [5.74, 6) is 0.451. The maximum Gasteiger partial charge on any atom is 0.254 e. The third-order valence-electron chi connectivity index (χ3n) is 5.96. The number of nitrogens with zero attached hydrogens (tertiary/aromatic N) is 1. The lowest BCUT2D eigenvalue weighted by Gasteiger charge is -2.40. The fourth-order valence-electron chi connectivity index (χ4n) is 4.00. The SMILES string of the molecule is CCCOc1ccc(S(=O)(=O)NC2C(O)OC(CO)C(O)C2O)cc1-c1nc(CC)c(CC)c(=O)[nH]1. The number of hydrogen-bond donors (Lipinski definition) is 6. The highest BCUT2D eigenvalue weighted by molar-refractivity contribution is 7.89. The molecule has 12 nitrogen and oxygen atoms in total. The molecule has 5 atom stereocenters. The van der Waals surface area contributed by atoms with Gasteiger partial charge in [-0.2, -0.15) is 0 Å². The van der Waals surface area contributed by atoms with Gasteiger partial charge >= 0.3 is 0 Å². The van der Waals surface area contributed by atoms with Gasteiger partial charge in [0.1, 0.15) is 35.9 Å². The molecule has 6 N–H and O–H groups in total. The summed E-state index contributed by atoms with van der Waals surface area (Å²) < 4.78 is 39.3. The molecule has 13 heteroatoms. The number of ether oxygens (including phenoxy) is 2. The van der Waals surface area contributed by atoms with E-state index in [9.17, 15) is 33.6 Å². The Kier molecular flexibility index (Phi) is 9.22. The van der Waals surface area contributed by atoms with E-state index in [4.69, 9.17) is 9.47 Å². The molecule has 36 heavy (non-hydrogen) atoms. The van der Waals surface area contributed by atoms with Crippen LogP contribution < -0.4 is 15.0 Å². The Labute approximate surface area is 209 Å². The molecule has 0 bridgehead atoms. The van der Waals surface area contributed by atoms with Gasteiger partial charge in [0.25, 0.3) is 5.56 Å². The van der Waals surface area contributed by atoms with Crippen molar-refractivity contribution in [1.29, 1.82) is 0 Å². The summed E-state index contributed by atoms with van der Waals surface area (Å²) >= 11 is 0. The average molecular weight is 528 g/mol. The molecule has 0 saturated carbocycles. The fraction of sp³-hybridized carbons (Fsp3) is 0.565. The van der Waals surface area contributed by atoms with Crippen molar-refractivity contribution in [1.82, 2.24) is 14.7 Å².